The molecule has 44 heavy (non-hydrogen) atoms. The Bertz CT molecular complexity index is 1140. The molecule has 13 heteroatoms. The SMILES string of the molecule is CC(C)C(NC(=O)C(CCC(=O)OC(C)(C)C)NC(=O)OCc1ccccc1)C(=O)NC(CC(=O)OC(C)(C)C)C(=O)CBr. The van der Waals surface area contributed by atoms with Gasteiger partial charge in [-0.15, -0.1) is 0 Å². The second kappa shape index (κ2) is 17.7. The molecule has 3 N–H and O–H groups in total. The lowest BCUT2D eigenvalue weighted by Crippen LogP contribution is -2.57. The van der Waals surface area contributed by atoms with Crippen LogP contribution >= 0.6 is 15.9 Å². The lowest BCUT2D eigenvalue weighted by molar-refractivity contribution is -0.157. The maximum absolute atomic E-state index is 13.4. The molecule has 0 bridgehead atoms. The fourth-order valence-electron chi connectivity index (χ4n) is 3.77. The minimum atomic E-state index is -1.26. The van der Waals surface area contributed by atoms with Crippen molar-refractivity contribution in [2.24, 2.45) is 5.92 Å². The highest BCUT2D eigenvalue weighted by molar-refractivity contribution is 9.09. The van der Waals surface area contributed by atoms with Crippen LogP contribution in [0, 0.1) is 5.92 Å². The number of rotatable bonds is 15. The third kappa shape index (κ3) is 15.8. The summed E-state index contributed by atoms with van der Waals surface area (Å²) in [5, 5.41) is 7.50. The van der Waals surface area contributed by atoms with Crippen molar-refractivity contribution in [3.63, 3.8) is 0 Å². The fourth-order valence-corrected chi connectivity index (χ4v) is 4.16. The monoisotopic (exact) mass is 683 g/mol. The number of carbonyl (C=O) groups is 6. The molecule has 1 aromatic carbocycles. The molecule has 0 aliphatic rings. The molecule has 0 aliphatic carbocycles. The lowest BCUT2D eigenvalue weighted by atomic mass is 10.0. The molecule has 0 fully saturated rings. The molecule has 0 aromatic heterocycles. The molecular formula is C31H46BrN3O9. The van der Waals surface area contributed by atoms with Gasteiger partial charge in [0, 0.05) is 6.42 Å². The minimum Gasteiger partial charge on any atom is -0.460 e. The Morgan fingerprint density at radius 1 is 0.773 bits per heavy atom. The van der Waals surface area contributed by atoms with Gasteiger partial charge in [-0.05, 0) is 59.4 Å². The number of alkyl carbamates (subject to hydrolysis) is 1. The topological polar surface area (TPSA) is 166 Å². The molecule has 3 unspecified atom stereocenters. The third-order valence-corrected chi connectivity index (χ3v) is 6.31. The van der Waals surface area contributed by atoms with Crippen molar-refractivity contribution >= 4 is 51.6 Å². The summed E-state index contributed by atoms with van der Waals surface area (Å²) >= 11 is 3.07. The number of esters is 2. The van der Waals surface area contributed by atoms with E-state index >= 15 is 0 Å². The average Bonchev–Trinajstić information content (AvgIpc) is 2.90. The maximum atomic E-state index is 13.4. The molecule has 0 radical (unpaired) electrons. The van der Waals surface area contributed by atoms with Crippen LogP contribution in [0.1, 0.15) is 80.2 Å². The first-order valence-electron chi connectivity index (χ1n) is 14.4. The number of benzene rings is 1. The molecule has 0 saturated heterocycles. The van der Waals surface area contributed by atoms with Crippen LogP contribution in [0.2, 0.25) is 0 Å². The summed E-state index contributed by atoms with van der Waals surface area (Å²) in [6.45, 7) is 13.5. The van der Waals surface area contributed by atoms with E-state index in [-0.39, 0.29) is 24.8 Å². The van der Waals surface area contributed by atoms with E-state index in [2.05, 4.69) is 31.9 Å². The summed E-state index contributed by atoms with van der Waals surface area (Å²) < 4.78 is 15.9. The predicted molar refractivity (Wildman–Crippen MR) is 167 cm³/mol. The summed E-state index contributed by atoms with van der Waals surface area (Å²) in [6.07, 6.45) is -1.65. The van der Waals surface area contributed by atoms with Gasteiger partial charge in [0.25, 0.3) is 0 Å². The number of carbonyl (C=O) groups excluding carboxylic acids is 6. The number of hydrogen-bond donors (Lipinski definition) is 3. The Labute approximate surface area is 267 Å². The zero-order valence-electron chi connectivity index (χ0n) is 26.8. The summed E-state index contributed by atoms with van der Waals surface area (Å²) in [4.78, 5) is 76.7. The highest BCUT2D eigenvalue weighted by Crippen LogP contribution is 2.13. The van der Waals surface area contributed by atoms with Gasteiger partial charge in [0.15, 0.2) is 5.78 Å². The van der Waals surface area contributed by atoms with Crippen LogP contribution in [0.5, 0.6) is 0 Å². The largest absolute Gasteiger partial charge is 0.460 e. The Balaban J connectivity index is 3.07. The number of ketones is 1. The Morgan fingerprint density at radius 3 is 1.86 bits per heavy atom. The Kier molecular flexibility index (Phi) is 15.5. The van der Waals surface area contributed by atoms with Crippen molar-refractivity contribution in [1.82, 2.24) is 16.0 Å². The number of ether oxygens (including phenoxy) is 3. The molecule has 3 atom stereocenters. The standard InChI is InChI=1S/C31H46BrN3O9/c1-19(2)26(28(40)33-22(23(36)17-32)16-25(38)44-31(6,7)8)35-27(39)21(14-15-24(37)43-30(3,4)5)34-29(41)42-18-20-12-10-9-11-13-20/h9-13,19,21-22,26H,14-18H2,1-8H3,(H,33,40)(H,34,41)(H,35,39). The first-order valence-corrected chi connectivity index (χ1v) is 15.5. The van der Waals surface area contributed by atoms with E-state index < -0.39 is 77.3 Å². The second-order valence-corrected chi connectivity index (χ2v) is 13.1. The smallest absolute Gasteiger partial charge is 0.408 e. The molecule has 1 aromatic rings. The summed E-state index contributed by atoms with van der Waals surface area (Å²) in [7, 11) is 0. The first-order chi connectivity index (χ1) is 20.3. The van der Waals surface area contributed by atoms with Gasteiger partial charge < -0.3 is 30.2 Å². The van der Waals surface area contributed by atoms with Gasteiger partial charge in [0.2, 0.25) is 11.8 Å². The number of amides is 3. The molecule has 1 rings (SSSR count). The quantitative estimate of drug-likeness (QED) is 0.142. The van der Waals surface area contributed by atoms with Gasteiger partial charge in [0.05, 0.1) is 17.8 Å². The first kappa shape index (κ1) is 38.5. The average molecular weight is 685 g/mol. The van der Waals surface area contributed by atoms with E-state index in [0.29, 0.717) is 0 Å². The van der Waals surface area contributed by atoms with Crippen LogP contribution in [0.25, 0.3) is 0 Å². The maximum Gasteiger partial charge on any atom is 0.408 e. The molecule has 0 aliphatic heterocycles. The Morgan fingerprint density at radius 2 is 1.34 bits per heavy atom. The minimum absolute atomic E-state index is 0.0509. The van der Waals surface area contributed by atoms with Crippen molar-refractivity contribution in [3.8, 4) is 0 Å². The van der Waals surface area contributed by atoms with E-state index in [4.69, 9.17) is 14.2 Å². The van der Waals surface area contributed by atoms with Gasteiger partial charge in [-0.1, -0.05) is 60.1 Å². The Hall–Kier alpha value is -3.48. The number of alkyl halides is 1. The third-order valence-electron chi connectivity index (χ3n) is 5.75. The normalized spacial score (nSPS) is 13.6. The molecule has 0 spiro atoms. The van der Waals surface area contributed by atoms with Crippen LogP contribution in [0.3, 0.4) is 0 Å². The predicted octanol–water partition coefficient (Wildman–Crippen LogP) is 3.72. The zero-order valence-corrected chi connectivity index (χ0v) is 28.4. The zero-order chi connectivity index (χ0) is 33.7. The van der Waals surface area contributed by atoms with E-state index in [9.17, 15) is 28.8 Å². The van der Waals surface area contributed by atoms with Crippen molar-refractivity contribution in [2.45, 2.75) is 111 Å². The van der Waals surface area contributed by atoms with E-state index in [1.807, 2.05) is 6.07 Å². The van der Waals surface area contributed by atoms with Gasteiger partial charge >= 0.3 is 18.0 Å². The highest BCUT2D eigenvalue weighted by atomic mass is 79.9. The van der Waals surface area contributed by atoms with Crippen molar-refractivity contribution in [2.75, 3.05) is 5.33 Å². The van der Waals surface area contributed by atoms with Gasteiger partial charge in [0.1, 0.15) is 29.9 Å². The van der Waals surface area contributed by atoms with Crippen molar-refractivity contribution in [3.05, 3.63) is 35.9 Å². The molecule has 0 heterocycles. The van der Waals surface area contributed by atoms with Crippen molar-refractivity contribution in [1.29, 1.82) is 0 Å². The van der Waals surface area contributed by atoms with Crippen LogP contribution in [-0.4, -0.2) is 70.3 Å². The van der Waals surface area contributed by atoms with E-state index in [1.54, 1.807) is 79.7 Å². The van der Waals surface area contributed by atoms with Crippen molar-refractivity contribution < 1.29 is 43.0 Å². The van der Waals surface area contributed by atoms with Crippen LogP contribution in [0.4, 0.5) is 4.79 Å². The molecule has 0 saturated carbocycles. The lowest BCUT2D eigenvalue weighted by Gasteiger charge is -2.27. The molecule has 246 valence electrons. The summed E-state index contributed by atoms with van der Waals surface area (Å²) in [5.41, 5.74) is -0.811. The summed E-state index contributed by atoms with van der Waals surface area (Å²) in [5.74, 6) is -3.65. The highest BCUT2D eigenvalue weighted by Gasteiger charge is 2.33. The molecule has 12 nitrogen and oxygen atoms in total. The van der Waals surface area contributed by atoms with Gasteiger partial charge in [-0.25, -0.2) is 4.79 Å². The van der Waals surface area contributed by atoms with Crippen LogP contribution in [-0.2, 0) is 44.8 Å². The number of halogens is 1. The van der Waals surface area contributed by atoms with Crippen LogP contribution < -0.4 is 16.0 Å². The second-order valence-electron chi connectivity index (χ2n) is 12.6. The van der Waals surface area contributed by atoms with Crippen LogP contribution in [0.15, 0.2) is 30.3 Å². The number of nitrogens with one attached hydrogen (secondary N) is 3. The number of hydrogen-bond acceptors (Lipinski definition) is 9. The fraction of sp³-hybridized carbons (Fsp3) is 0.613. The van der Waals surface area contributed by atoms with Gasteiger partial charge in [-0.3, -0.25) is 24.0 Å². The van der Waals surface area contributed by atoms with E-state index in [1.165, 1.54) is 0 Å². The molecular weight excluding hydrogens is 638 g/mol. The van der Waals surface area contributed by atoms with Gasteiger partial charge in [-0.2, -0.15) is 0 Å². The molecule has 3 amide bonds. The summed E-state index contributed by atoms with van der Waals surface area (Å²) in [6, 6.07) is 5.30. The number of Topliss-reactive ketones (excluding diaryl/α,β-unsaturated/α-hetero) is 1. The van der Waals surface area contributed by atoms with E-state index in [0.717, 1.165) is 5.56 Å².